The zero-order valence-corrected chi connectivity index (χ0v) is 20.3. The summed E-state index contributed by atoms with van der Waals surface area (Å²) in [5.74, 6) is 0.465. The Labute approximate surface area is 206 Å². The summed E-state index contributed by atoms with van der Waals surface area (Å²) in [7, 11) is 0. The van der Waals surface area contributed by atoms with Gasteiger partial charge in [0.15, 0.2) is 0 Å². The second-order valence-electron chi connectivity index (χ2n) is 8.52. The number of carbonyl (C=O) groups is 1. The summed E-state index contributed by atoms with van der Waals surface area (Å²) in [6, 6.07) is 13.9. The molecule has 1 aliphatic heterocycles. The SMILES string of the molecule is Cc1nc(C(=O)N2CCCCC2Cc2ncc(-c3cccc(Cl)c3)[nH]2)c(-c2ccc(F)cc2)s1. The minimum atomic E-state index is -0.301. The Morgan fingerprint density at radius 3 is 2.82 bits per heavy atom. The summed E-state index contributed by atoms with van der Waals surface area (Å²) >= 11 is 7.60. The van der Waals surface area contributed by atoms with E-state index in [2.05, 4.69) is 15.0 Å². The highest BCUT2D eigenvalue weighted by Gasteiger charge is 2.31. The van der Waals surface area contributed by atoms with Gasteiger partial charge in [0.2, 0.25) is 0 Å². The fourth-order valence-corrected chi connectivity index (χ4v) is 5.58. The Morgan fingerprint density at radius 1 is 1.21 bits per heavy atom. The minimum absolute atomic E-state index is 0.0303. The van der Waals surface area contributed by atoms with Crippen LogP contribution in [-0.2, 0) is 6.42 Å². The maximum atomic E-state index is 13.7. The minimum Gasteiger partial charge on any atom is -0.342 e. The van der Waals surface area contributed by atoms with Gasteiger partial charge in [0.05, 0.1) is 21.8 Å². The number of nitrogens with zero attached hydrogens (tertiary/aromatic N) is 3. The predicted octanol–water partition coefficient (Wildman–Crippen LogP) is 6.54. The Hall–Kier alpha value is -3.03. The molecule has 0 saturated carbocycles. The number of aromatic amines is 1. The Bertz CT molecular complexity index is 1320. The molecule has 174 valence electrons. The standard InChI is InChI=1S/C26H24ClFN4OS/c1-16-30-24(25(34-16)17-8-10-20(28)11-9-17)26(33)32-12-3-2-7-21(32)14-23-29-15-22(31-23)18-5-4-6-19(27)13-18/h4-6,8-11,13,15,21H,2-3,7,12,14H2,1H3,(H,29,31). The van der Waals surface area contributed by atoms with Crippen LogP contribution in [0.15, 0.2) is 54.7 Å². The lowest BCUT2D eigenvalue weighted by Crippen LogP contribution is -2.45. The van der Waals surface area contributed by atoms with Gasteiger partial charge in [-0.05, 0) is 56.0 Å². The van der Waals surface area contributed by atoms with Crippen molar-refractivity contribution in [3.8, 4) is 21.7 Å². The van der Waals surface area contributed by atoms with Crippen LogP contribution in [0.25, 0.3) is 21.7 Å². The van der Waals surface area contributed by atoms with E-state index in [1.807, 2.05) is 42.3 Å². The highest BCUT2D eigenvalue weighted by atomic mass is 35.5. The lowest BCUT2D eigenvalue weighted by Gasteiger charge is -2.35. The van der Waals surface area contributed by atoms with E-state index in [4.69, 9.17) is 11.6 Å². The number of likely N-dealkylation sites (tertiary alicyclic amines) is 1. The highest BCUT2D eigenvalue weighted by Crippen LogP contribution is 2.33. The molecular formula is C26H24ClFN4OS. The Kier molecular flexibility index (Phi) is 6.48. The number of hydrogen-bond donors (Lipinski definition) is 1. The van der Waals surface area contributed by atoms with Crippen molar-refractivity contribution >= 4 is 28.8 Å². The van der Waals surface area contributed by atoms with Crippen molar-refractivity contribution in [3.63, 3.8) is 0 Å². The van der Waals surface area contributed by atoms with Crippen molar-refractivity contribution in [1.29, 1.82) is 0 Å². The third-order valence-electron chi connectivity index (χ3n) is 6.12. The van der Waals surface area contributed by atoms with Crippen molar-refractivity contribution in [2.45, 2.75) is 38.6 Å². The van der Waals surface area contributed by atoms with Gasteiger partial charge in [-0.3, -0.25) is 4.79 Å². The molecule has 1 saturated heterocycles. The topological polar surface area (TPSA) is 61.9 Å². The molecule has 0 radical (unpaired) electrons. The van der Waals surface area contributed by atoms with Crippen LogP contribution in [0.2, 0.25) is 5.02 Å². The van der Waals surface area contributed by atoms with Gasteiger partial charge in [0.1, 0.15) is 17.3 Å². The first-order valence-corrected chi connectivity index (χ1v) is 12.5. The monoisotopic (exact) mass is 494 g/mol. The first kappa shape index (κ1) is 22.7. The molecule has 5 rings (SSSR count). The Balaban J connectivity index is 1.39. The van der Waals surface area contributed by atoms with Crippen LogP contribution in [0, 0.1) is 12.7 Å². The fraction of sp³-hybridized carbons (Fsp3) is 0.269. The second kappa shape index (κ2) is 9.68. The third-order valence-corrected chi connectivity index (χ3v) is 7.38. The van der Waals surface area contributed by atoms with Crippen LogP contribution < -0.4 is 0 Å². The zero-order valence-electron chi connectivity index (χ0n) is 18.7. The molecule has 5 nitrogen and oxygen atoms in total. The van der Waals surface area contributed by atoms with Crippen LogP contribution in [0.3, 0.4) is 0 Å². The van der Waals surface area contributed by atoms with E-state index >= 15 is 0 Å². The highest BCUT2D eigenvalue weighted by molar-refractivity contribution is 7.15. The summed E-state index contributed by atoms with van der Waals surface area (Å²) in [5, 5.41) is 1.49. The molecule has 2 aromatic heterocycles. The number of imidazole rings is 1. The fourth-order valence-electron chi connectivity index (χ4n) is 4.48. The van der Waals surface area contributed by atoms with Crippen LogP contribution >= 0.6 is 22.9 Å². The van der Waals surface area contributed by atoms with Gasteiger partial charge in [0, 0.05) is 29.6 Å². The molecule has 3 heterocycles. The summed E-state index contributed by atoms with van der Waals surface area (Å²) in [5.41, 5.74) is 3.13. The molecule has 2 aromatic carbocycles. The van der Waals surface area contributed by atoms with Crippen LogP contribution in [0.4, 0.5) is 4.39 Å². The van der Waals surface area contributed by atoms with E-state index in [1.54, 1.807) is 12.1 Å². The van der Waals surface area contributed by atoms with E-state index in [-0.39, 0.29) is 17.8 Å². The third kappa shape index (κ3) is 4.76. The van der Waals surface area contributed by atoms with Crippen LogP contribution in [0.5, 0.6) is 0 Å². The number of amides is 1. The summed E-state index contributed by atoms with van der Waals surface area (Å²) < 4.78 is 13.4. The zero-order chi connectivity index (χ0) is 23.7. The van der Waals surface area contributed by atoms with E-state index in [0.29, 0.717) is 23.7 Å². The number of rotatable bonds is 5. The van der Waals surface area contributed by atoms with Gasteiger partial charge in [-0.1, -0.05) is 35.9 Å². The molecule has 4 aromatic rings. The smallest absolute Gasteiger partial charge is 0.274 e. The average Bonchev–Trinajstić information content (AvgIpc) is 3.46. The number of benzene rings is 2. The first-order chi connectivity index (χ1) is 16.5. The molecule has 1 amide bonds. The van der Waals surface area contributed by atoms with Crippen molar-refractivity contribution < 1.29 is 9.18 Å². The van der Waals surface area contributed by atoms with Crippen LogP contribution in [0.1, 0.15) is 40.6 Å². The molecule has 34 heavy (non-hydrogen) atoms. The lowest BCUT2D eigenvalue weighted by molar-refractivity contribution is 0.0606. The molecule has 1 fully saturated rings. The van der Waals surface area contributed by atoms with Crippen molar-refractivity contribution in [1.82, 2.24) is 19.9 Å². The van der Waals surface area contributed by atoms with Crippen molar-refractivity contribution in [2.24, 2.45) is 0 Å². The van der Waals surface area contributed by atoms with Gasteiger partial charge in [-0.2, -0.15) is 0 Å². The number of nitrogens with one attached hydrogen (secondary N) is 1. The number of aromatic nitrogens is 3. The second-order valence-corrected chi connectivity index (χ2v) is 10.2. The normalized spacial score (nSPS) is 16.1. The van der Waals surface area contributed by atoms with E-state index < -0.39 is 0 Å². The molecule has 1 atom stereocenters. The quantitative estimate of drug-likeness (QED) is 0.342. The average molecular weight is 495 g/mol. The molecule has 0 aliphatic carbocycles. The molecule has 0 bridgehead atoms. The molecule has 1 N–H and O–H groups in total. The maximum Gasteiger partial charge on any atom is 0.274 e. The summed E-state index contributed by atoms with van der Waals surface area (Å²) in [6.07, 6.45) is 5.39. The van der Waals surface area contributed by atoms with Gasteiger partial charge in [0.25, 0.3) is 5.91 Å². The summed E-state index contributed by atoms with van der Waals surface area (Å²) in [4.78, 5) is 29.0. The number of aryl methyl sites for hydroxylation is 1. The summed E-state index contributed by atoms with van der Waals surface area (Å²) in [6.45, 7) is 2.58. The molecule has 1 unspecified atom stereocenters. The van der Waals surface area contributed by atoms with Crippen LogP contribution in [-0.4, -0.2) is 38.3 Å². The first-order valence-electron chi connectivity index (χ1n) is 11.3. The molecule has 8 heteroatoms. The molecule has 0 spiro atoms. The van der Waals surface area contributed by atoms with Gasteiger partial charge in [-0.25, -0.2) is 14.4 Å². The van der Waals surface area contributed by atoms with Crippen molar-refractivity contribution in [2.75, 3.05) is 6.54 Å². The maximum absolute atomic E-state index is 13.7. The number of thiazole rings is 1. The largest absolute Gasteiger partial charge is 0.342 e. The van der Waals surface area contributed by atoms with E-state index in [1.165, 1.54) is 23.5 Å². The van der Waals surface area contributed by atoms with Gasteiger partial charge >= 0.3 is 0 Å². The van der Waals surface area contributed by atoms with Crippen molar-refractivity contribution in [3.05, 3.63) is 82.1 Å². The predicted molar refractivity (Wildman–Crippen MR) is 134 cm³/mol. The lowest BCUT2D eigenvalue weighted by atomic mass is 9.98. The van der Waals surface area contributed by atoms with Gasteiger partial charge in [-0.15, -0.1) is 11.3 Å². The van der Waals surface area contributed by atoms with Gasteiger partial charge < -0.3 is 9.88 Å². The van der Waals surface area contributed by atoms with E-state index in [9.17, 15) is 9.18 Å². The van der Waals surface area contributed by atoms with E-state index in [0.717, 1.165) is 51.8 Å². The number of carbonyl (C=O) groups excluding carboxylic acids is 1. The molecular weight excluding hydrogens is 471 g/mol. The number of hydrogen-bond acceptors (Lipinski definition) is 4. The number of H-pyrrole nitrogens is 1. The Morgan fingerprint density at radius 2 is 2.03 bits per heavy atom. The molecule has 1 aliphatic rings. The number of halogens is 2. The number of piperidine rings is 1.